The number of halogens is 3. The van der Waals surface area contributed by atoms with Crippen molar-refractivity contribution in [3.05, 3.63) is 12.2 Å². The van der Waals surface area contributed by atoms with Gasteiger partial charge in [-0.1, -0.05) is 12.2 Å². The van der Waals surface area contributed by atoms with Crippen LogP contribution >= 0.6 is 0 Å². The second-order valence-corrected chi connectivity index (χ2v) is 3.99. The Balaban J connectivity index is 2.45. The number of allylic oxidation sites excluding steroid dienone is 2. The molecule has 0 saturated heterocycles. The van der Waals surface area contributed by atoms with Crippen LogP contribution in [0.2, 0.25) is 0 Å². The summed E-state index contributed by atoms with van der Waals surface area (Å²) < 4.78 is 36.5. The third-order valence-corrected chi connectivity index (χ3v) is 2.65. The molecule has 0 aromatic rings. The lowest BCUT2D eigenvalue weighted by Crippen LogP contribution is -2.39. The fraction of sp³-hybridized carbons (Fsp3) is 0.727. The standard InChI is InChI=1S/C11H16F3NO/c1-2-15(8-11(12,13)14)10(16)7-9-5-3-4-6-9/h3,5,9H,2,4,6-8H2,1H3. The summed E-state index contributed by atoms with van der Waals surface area (Å²) in [6, 6.07) is 0. The minimum Gasteiger partial charge on any atom is -0.334 e. The van der Waals surface area contributed by atoms with E-state index in [-0.39, 0.29) is 18.9 Å². The molecule has 1 atom stereocenters. The van der Waals surface area contributed by atoms with Gasteiger partial charge in [0.1, 0.15) is 6.54 Å². The lowest BCUT2D eigenvalue weighted by Gasteiger charge is -2.23. The van der Waals surface area contributed by atoms with Gasteiger partial charge in [-0.2, -0.15) is 13.2 Å². The predicted molar refractivity (Wildman–Crippen MR) is 54.8 cm³/mol. The summed E-state index contributed by atoms with van der Waals surface area (Å²) in [5.74, 6) is -0.286. The van der Waals surface area contributed by atoms with E-state index in [0.29, 0.717) is 0 Å². The first-order chi connectivity index (χ1) is 7.42. The van der Waals surface area contributed by atoms with Crippen molar-refractivity contribution in [1.29, 1.82) is 0 Å². The zero-order chi connectivity index (χ0) is 12.2. The molecule has 0 spiro atoms. The van der Waals surface area contributed by atoms with E-state index in [0.717, 1.165) is 17.7 Å². The molecule has 5 heteroatoms. The van der Waals surface area contributed by atoms with E-state index < -0.39 is 18.6 Å². The van der Waals surface area contributed by atoms with Crippen molar-refractivity contribution in [3.63, 3.8) is 0 Å². The molecule has 0 radical (unpaired) electrons. The van der Waals surface area contributed by atoms with Crippen LogP contribution in [-0.2, 0) is 4.79 Å². The Morgan fingerprint density at radius 2 is 2.19 bits per heavy atom. The molecule has 0 fully saturated rings. The summed E-state index contributed by atoms with van der Waals surface area (Å²) in [6.45, 7) is 0.529. The monoisotopic (exact) mass is 235 g/mol. The van der Waals surface area contributed by atoms with Crippen LogP contribution in [-0.4, -0.2) is 30.1 Å². The summed E-state index contributed by atoms with van der Waals surface area (Å²) in [5.41, 5.74) is 0. The highest BCUT2D eigenvalue weighted by Crippen LogP contribution is 2.23. The van der Waals surface area contributed by atoms with Crippen molar-refractivity contribution in [2.75, 3.05) is 13.1 Å². The number of hydrogen-bond acceptors (Lipinski definition) is 1. The zero-order valence-corrected chi connectivity index (χ0v) is 9.26. The van der Waals surface area contributed by atoms with Crippen LogP contribution < -0.4 is 0 Å². The maximum atomic E-state index is 12.2. The van der Waals surface area contributed by atoms with Gasteiger partial charge in [-0.05, 0) is 25.7 Å². The Morgan fingerprint density at radius 3 is 2.62 bits per heavy atom. The van der Waals surface area contributed by atoms with E-state index in [1.165, 1.54) is 0 Å². The third kappa shape index (κ3) is 4.24. The predicted octanol–water partition coefficient (Wildman–Crippen LogP) is 2.75. The molecule has 16 heavy (non-hydrogen) atoms. The fourth-order valence-corrected chi connectivity index (χ4v) is 1.81. The lowest BCUT2D eigenvalue weighted by atomic mass is 10.0. The van der Waals surface area contributed by atoms with E-state index >= 15 is 0 Å². The molecule has 92 valence electrons. The average Bonchev–Trinajstić information content (AvgIpc) is 2.65. The van der Waals surface area contributed by atoms with Crippen LogP contribution in [0.5, 0.6) is 0 Å². The van der Waals surface area contributed by atoms with Gasteiger partial charge in [0.05, 0.1) is 0 Å². The maximum absolute atomic E-state index is 12.2. The van der Waals surface area contributed by atoms with E-state index in [1.807, 2.05) is 12.2 Å². The normalized spacial score (nSPS) is 20.1. The minimum atomic E-state index is -4.31. The van der Waals surface area contributed by atoms with Crippen LogP contribution in [0.4, 0.5) is 13.2 Å². The molecule has 0 aliphatic heterocycles. The molecule has 1 amide bonds. The first-order valence-electron chi connectivity index (χ1n) is 5.43. The van der Waals surface area contributed by atoms with Gasteiger partial charge in [-0.3, -0.25) is 4.79 Å². The van der Waals surface area contributed by atoms with Crippen LogP contribution in [0.1, 0.15) is 26.2 Å². The first kappa shape index (κ1) is 13.1. The highest BCUT2D eigenvalue weighted by molar-refractivity contribution is 5.76. The number of nitrogens with zero attached hydrogens (tertiary/aromatic N) is 1. The first-order valence-corrected chi connectivity index (χ1v) is 5.43. The summed E-state index contributed by atoms with van der Waals surface area (Å²) in [6.07, 6.45) is 1.56. The maximum Gasteiger partial charge on any atom is 0.406 e. The van der Waals surface area contributed by atoms with Gasteiger partial charge < -0.3 is 4.90 Å². The van der Waals surface area contributed by atoms with Gasteiger partial charge in [0.25, 0.3) is 0 Å². The Hall–Kier alpha value is -1.00. The molecule has 0 aromatic carbocycles. The van der Waals surface area contributed by atoms with Crippen LogP contribution in [0.15, 0.2) is 12.2 Å². The number of amides is 1. The summed E-state index contributed by atoms with van der Waals surface area (Å²) in [5, 5.41) is 0. The van der Waals surface area contributed by atoms with E-state index in [9.17, 15) is 18.0 Å². The Kier molecular flexibility index (Phi) is 4.38. The Labute approximate surface area is 93.1 Å². The Bertz CT molecular complexity index is 273. The van der Waals surface area contributed by atoms with Crippen molar-refractivity contribution in [1.82, 2.24) is 4.90 Å². The molecule has 0 heterocycles. The molecule has 2 nitrogen and oxygen atoms in total. The van der Waals surface area contributed by atoms with E-state index in [2.05, 4.69) is 0 Å². The highest BCUT2D eigenvalue weighted by atomic mass is 19.4. The summed E-state index contributed by atoms with van der Waals surface area (Å²) >= 11 is 0. The van der Waals surface area contributed by atoms with E-state index in [1.54, 1.807) is 6.92 Å². The summed E-state index contributed by atoms with van der Waals surface area (Å²) in [4.78, 5) is 12.5. The smallest absolute Gasteiger partial charge is 0.334 e. The van der Waals surface area contributed by atoms with Crippen molar-refractivity contribution in [3.8, 4) is 0 Å². The van der Waals surface area contributed by atoms with Crippen molar-refractivity contribution in [2.45, 2.75) is 32.4 Å². The molecule has 1 aliphatic rings. The quantitative estimate of drug-likeness (QED) is 0.686. The van der Waals surface area contributed by atoms with Gasteiger partial charge in [-0.15, -0.1) is 0 Å². The van der Waals surface area contributed by atoms with E-state index in [4.69, 9.17) is 0 Å². The Morgan fingerprint density at radius 1 is 1.50 bits per heavy atom. The zero-order valence-electron chi connectivity index (χ0n) is 9.26. The molecule has 1 unspecified atom stereocenters. The second-order valence-electron chi connectivity index (χ2n) is 3.99. The molecular weight excluding hydrogens is 219 g/mol. The van der Waals surface area contributed by atoms with Crippen LogP contribution in [0, 0.1) is 5.92 Å². The van der Waals surface area contributed by atoms with Gasteiger partial charge in [0, 0.05) is 13.0 Å². The number of rotatable bonds is 4. The fourth-order valence-electron chi connectivity index (χ4n) is 1.81. The molecular formula is C11H16F3NO. The lowest BCUT2D eigenvalue weighted by molar-refractivity contribution is -0.161. The molecule has 1 rings (SSSR count). The number of hydrogen-bond donors (Lipinski definition) is 0. The molecule has 1 aliphatic carbocycles. The SMILES string of the molecule is CCN(CC(F)(F)F)C(=O)CC1C=CCC1. The van der Waals surface area contributed by atoms with Gasteiger partial charge in [0.2, 0.25) is 5.91 Å². The van der Waals surface area contributed by atoms with Crippen molar-refractivity contribution >= 4 is 5.91 Å². The second kappa shape index (κ2) is 5.37. The summed E-state index contributed by atoms with van der Waals surface area (Å²) in [7, 11) is 0. The van der Waals surface area contributed by atoms with Crippen LogP contribution in [0.3, 0.4) is 0 Å². The van der Waals surface area contributed by atoms with Crippen molar-refractivity contribution < 1.29 is 18.0 Å². The van der Waals surface area contributed by atoms with Gasteiger partial charge >= 0.3 is 6.18 Å². The minimum absolute atomic E-state index is 0.106. The molecule has 0 saturated carbocycles. The highest BCUT2D eigenvalue weighted by Gasteiger charge is 2.32. The number of alkyl halides is 3. The topological polar surface area (TPSA) is 20.3 Å². The molecule has 0 aromatic heterocycles. The number of carbonyl (C=O) groups excluding carboxylic acids is 1. The molecule has 0 N–H and O–H groups in total. The van der Waals surface area contributed by atoms with Gasteiger partial charge in [-0.25, -0.2) is 0 Å². The molecule has 0 bridgehead atoms. The van der Waals surface area contributed by atoms with Crippen LogP contribution in [0.25, 0.3) is 0 Å². The largest absolute Gasteiger partial charge is 0.406 e. The van der Waals surface area contributed by atoms with Crippen molar-refractivity contribution in [2.24, 2.45) is 5.92 Å². The average molecular weight is 235 g/mol. The third-order valence-electron chi connectivity index (χ3n) is 2.65. The number of carbonyl (C=O) groups is 1. The van der Waals surface area contributed by atoms with Gasteiger partial charge in [0.15, 0.2) is 0 Å².